The molecule has 2 aliphatic heterocycles. The zero-order valence-electron chi connectivity index (χ0n) is 24.5. The molecule has 2 aromatic rings. The molecule has 2 N–H and O–H groups in total. The van der Waals surface area contributed by atoms with E-state index in [9.17, 15) is 26.8 Å². The number of nitrogens with zero attached hydrogens (tertiary/aromatic N) is 4. The number of nitrogens with one attached hydrogen (secondary N) is 2. The number of hydrazine groups is 1. The lowest BCUT2D eigenvalue weighted by atomic mass is 10.1. The number of halogens is 2. The number of piperazine rings is 1. The summed E-state index contributed by atoms with van der Waals surface area (Å²) in [7, 11) is -0.967. The van der Waals surface area contributed by atoms with E-state index in [-0.39, 0.29) is 18.2 Å². The normalized spacial score (nSPS) is 16.6. The van der Waals surface area contributed by atoms with Crippen molar-refractivity contribution in [3.05, 3.63) is 64.8 Å². The Hall–Kier alpha value is -3.95. The molecule has 43 heavy (non-hydrogen) atoms. The molecule has 0 bridgehead atoms. The smallest absolute Gasteiger partial charge is 0.416 e. The van der Waals surface area contributed by atoms with Gasteiger partial charge >= 0.3 is 6.09 Å². The van der Waals surface area contributed by atoms with Crippen LogP contribution in [0.1, 0.15) is 24.2 Å². The van der Waals surface area contributed by atoms with Crippen LogP contribution in [0.5, 0.6) is 0 Å². The van der Waals surface area contributed by atoms with Crippen molar-refractivity contribution in [3.63, 3.8) is 0 Å². The Morgan fingerprint density at radius 3 is 2.35 bits per heavy atom. The number of hydrogen-bond acceptors (Lipinski definition) is 10. The molecule has 0 spiro atoms. The predicted molar refractivity (Wildman–Crippen MR) is 156 cm³/mol. The Morgan fingerprint density at radius 1 is 1.05 bits per heavy atom. The summed E-state index contributed by atoms with van der Waals surface area (Å²) < 4.78 is 64.8. The number of hydrogen-bond donors (Lipinski definition) is 2. The maximum absolute atomic E-state index is 13.9. The molecule has 0 aliphatic carbocycles. The fourth-order valence-corrected chi connectivity index (χ4v) is 6.23. The predicted octanol–water partition coefficient (Wildman–Crippen LogP) is 2.81. The van der Waals surface area contributed by atoms with Crippen molar-refractivity contribution in [2.75, 3.05) is 70.4 Å². The molecule has 2 aromatic carbocycles. The van der Waals surface area contributed by atoms with E-state index in [1.54, 1.807) is 13.2 Å². The number of ether oxygens (including phenoxy) is 2. The Labute approximate surface area is 249 Å². The molecule has 4 rings (SSSR count). The lowest BCUT2D eigenvalue weighted by molar-refractivity contribution is 0.0791. The average molecular weight is 623 g/mol. The first-order valence-electron chi connectivity index (χ1n) is 13.7. The van der Waals surface area contributed by atoms with Gasteiger partial charge in [-0.25, -0.2) is 26.9 Å². The standard InChI is InChI=1S/C28H36F2N6O6S/c1-5-42-28(38)36-18-35(16-26(36)43(39,40)23-13-20(29)12-21(30)14-23)32-27(37)24-7-6-22(34-10-8-33(3)9-11-34)15-25(24)31-19(2)17-41-4/h6-7,12-16,19,31H,5,8-11,17-18H2,1-4H3,(H,32,37)/t19-/m1/s1. The van der Waals surface area contributed by atoms with Crippen molar-refractivity contribution in [2.45, 2.75) is 24.8 Å². The molecule has 0 unspecified atom stereocenters. The number of anilines is 2. The summed E-state index contributed by atoms with van der Waals surface area (Å²) in [5.74, 6) is -2.80. The number of carbonyl (C=O) groups is 2. The van der Waals surface area contributed by atoms with Crippen LogP contribution in [0.25, 0.3) is 0 Å². The van der Waals surface area contributed by atoms with Gasteiger partial charge in [0.2, 0.25) is 9.84 Å². The number of carbonyl (C=O) groups excluding carboxylic acids is 2. The largest absolute Gasteiger partial charge is 0.449 e. The van der Waals surface area contributed by atoms with E-state index in [1.807, 2.05) is 19.1 Å². The van der Waals surface area contributed by atoms with Crippen LogP contribution in [-0.2, 0) is 19.3 Å². The third-order valence-electron chi connectivity index (χ3n) is 6.92. The van der Waals surface area contributed by atoms with Crippen LogP contribution in [0.4, 0.5) is 25.0 Å². The van der Waals surface area contributed by atoms with Crippen LogP contribution in [0.3, 0.4) is 0 Å². The van der Waals surface area contributed by atoms with Gasteiger partial charge in [-0.05, 0) is 51.2 Å². The second-order valence-corrected chi connectivity index (χ2v) is 12.2. The van der Waals surface area contributed by atoms with Gasteiger partial charge in [-0.1, -0.05) is 0 Å². The van der Waals surface area contributed by atoms with E-state index in [2.05, 4.69) is 27.6 Å². The van der Waals surface area contributed by atoms with E-state index >= 15 is 0 Å². The summed E-state index contributed by atoms with van der Waals surface area (Å²) in [5.41, 5.74) is 4.34. The highest BCUT2D eigenvalue weighted by molar-refractivity contribution is 7.95. The van der Waals surface area contributed by atoms with Crippen LogP contribution >= 0.6 is 0 Å². The maximum atomic E-state index is 13.9. The highest BCUT2D eigenvalue weighted by atomic mass is 32.2. The number of amides is 2. The van der Waals surface area contributed by atoms with Crippen LogP contribution in [0, 0.1) is 11.6 Å². The highest BCUT2D eigenvalue weighted by Gasteiger charge is 2.38. The first kappa shape index (κ1) is 32.0. The summed E-state index contributed by atoms with van der Waals surface area (Å²) >= 11 is 0. The van der Waals surface area contributed by atoms with Gasteiger partial charge in [0.05, 0.1) is 29.9 Å². The van der Waals surface area contributed by atoms with Crippen molar-refractivity contribution in [3.8, 4) is 0 Å². The molecule has 0 saturated carbocycles. The zero-order chi connectivity index (χ0) is 31.3. The number of rotatable bonds is 10. The lowest BCUT2D eigenvalue weighted by Crippen LogP contribution is -2.44. The molecule has 12 nitrogen and oxygen atoms in total. The Bertz CT molecular complexity index is 1460. The van der Waals surface area contributed by atoms with Crippen molar-refractivity contribution in [1.82, 2.24) is 20.2 Å². The third-order valence-corrected chi connectivity index (χ3v) is 8.65. The van der Waals surface area contributed by atoms with E-state index < -0.39 is 50.1 Å². The summed E-state index contributed by atoms with van der Waals surface area (Å²) in [6, 6.07) is 7.06. The molecule has 15 heteroatoms. The molecule has 2 amide bonds. The molecular formula is C28H36F2N6O6S. The van der Waals surface area contributed by atoms with Gasteiger partial charge in [0, 0.05) is 56.8 Å². The number of sulfone groups is 1. The number of benzene rings is 2. The summed E-state index contributed by atoms with van der Waals surface area (Å²) in [6.07, 6.45) is -0.00937. The van der Waals surface area contributed by atoms with Gasteiger partial charge in [-0.15, -0.1) is 0 Å². The summed E-state index contributed by atoms with van der Waals surface area (Å²) in [4.78, 5) is 30.8. The molecule has 0 aromatic heterocycles. The molecule has 2 heterocycles. The van der Waals surface area contributed by atoms with Gasteiger partial charge in [-0.3, -0.25) is 15.2 Å². The van der Waals surface area contributed by atoms with Crippen molar-refractivity contribution >= 4 is 33.2 Å². The Kier molecular flexibility index (Phi) is 10.1. The minimum atomic E-state index is -4.60. The van der Waals surface area contributed by atoms with Crippen molar-refractivity contribution in [1.29, 1.82) is 0 Å². The van der Waals surface area contributed by atoms with E-state index in [0.717, 1.165) is 48.0 Å². The van der Waals surface area contributed by atoms with Crippen LogP contribution in [-0.4, -0.2) is 101 Å². The van der Waals surface area contributed by atoms with Gasteiger partial charge < -0.3 is 24.6 Å². The molecule has 234 valence electrons. The summed E-state index contributed by atoms with van der Waals surface area (Å²) in [6.45, 7) is 6.78. The lowest BCUT2D eigenvalue weighted by Gasteiger charge is -2.34. The number of methoxy groups -OCH3 is 1. The molecule has 1 atom stereocenters. The summed E-state index contributed by atoms with van der Waals surface area (Å²) in [5, 5.41) is 3.78. The third kappa shape index (κ3) is 7.53. The second-order valence-electron chi connectivity index (χ2n) is 10.3. The highest BCUT2D eigenvalue weighted by Crippen LogP contribution is 2.30. The minimum Gasteiger partial charge on any atom is -0.449 e. The van der Waals surface area contributed by atoms with E-state index in [4.69, 9.17) is 9.47 Å². The number of likely N-dealkylation sites (N-methyl/N-ethyl adjacent to an activating group) is 1. The minimum absolute atomic E-state index is 0.0576. The van der Waals surface area contributed by atoms with Gasteiger partial charge in [0.15, 0.2) is 5.03 Å². The molecule has 1 saturated heterocycles. The molecule has 1 fully saturated rings. The van der Waals surface area contributed by atoms with Gasteiger partial charge in [0.25, 0.3) is 5.91 Å². The Balaban J connectivity index is 1.63. The second kappa shape index (κ2) is 13.6. The fraction of sp³-hybridized carbons (Fsp3) is 0.429. The SMILES string of the molecule is CCOC(=O)N1CN(NC(=O)c2ccc(N3CCN(C)CC3)cc2N[C@H](C)COC)C=C1S(=O)(=O)c1cc(F)cc(F)c1. The van der Waals surface area contributed by atoms with Crippen molar-refractivity contribution in [2.24, 2.45) is 0 Å². The van der Waals surface area contributed by atoms with Crippen LogP contribution in [0.2, 0.25) is 0 Å². The van der Waals surface area contributed by atoms with Crippen LogP contribution in [0.15, 0.2) is 52.5 Å². The molecule has 2 aliphatic rings. The monoisotopic (exact) mass is 622 g/mol. The first-order valence-corrected chi connectivity index (χ1v) is 15.2. The zero-order valence-corrected chi connectivity index (χ0v) is 25.3. The average Bonchev–Trinajstić information content (AvgIpc) is 3.38. The fourth-order valence-electron chi connectivity index (χ4n) is 4.76. The Morgan fingerprint density at radius 2 is 1.72 bits per heavy atom. The molecule has 0 radical (unpaired) electrons. The van der Waals surface area contributed by atoms with E-state index in [1.165, 1.54) is 6.92 Å². The topological polar surface area (TPSA) is 124 Å². The van der Waals surface area contributed by atoms with Gasteiger partial charge in [0.1, 0.15) is 18.3 Å². The van der Waals surface area contributed by atoms with Crippen molar-refractivity contribution < 1.29 is 36.3 Å². The first-order chi connectivity index (χ1) is 20.4. The van der Waals surface area contributed by atoms with Gasteiger partial charge in [-0.2, -0.15) is 0 Å². The molecular weight excluding hydrogens is 586 g/mol. The van der Waals surface area contributed by atoms with Crippen LogP contribution < -0.4 is 15.6 Å². The van der Waals surface area contributed by atoms with E-state index in [0.29, 0.717) is 30.5 Å². The quantitative estimate of drug-likeness (QED) is 0.409. The maximum Gasteiger partial charge on any atom is 0.416 e.